The van der Waals surface area contributed by atoms with E-state index < -0.39 is 17.8 Å². The molecule has 1 amide bonds. The van der Waals surface area contributed by atoms with E-state index in [4.69, 9.17) is 6.11 Å². The molecule has 0 aliphatic carbocycles. The van der Waals surface area contributed by atoms with Crippen molar-refractivity contribution in [1.29, 1.82) is 0 Å². The maximum Gasteiger partial charge on any atom is 0.410 e. The maximum atomic E-state index is 12.7. The molecule has 0 atom stereocenters. The standard InChI is InChI=1S/C8H14FNO2/c1-8(2,3)12-7(11)10-4-6(9)5-10/h6H,4-5H2,1-3H3/i6D. The Kier molecular flexibility index (Phi) is 1.90. The number of carbonyl (C=O) groups excluding carboxylic acids is 1. The summed E-state index contributed by atoms with van der Waals surface area (Å²) in [5.74, 6) is 0. The van der Waals surface area contributed by atoms with Crippen LogP contribution in [0.1, 0.15) is 22.1 Å². The summed E-state index contributed by atoms with van der Waals surface area (Å²) in [5, 5.41) is 0. The molecule has 0 N–H and O–H groups in total. The van der Waals surface area contributed by atoms with Crippen LogP contribution in [-0.2, 0) is 4.74 Å². The highest BCUT2D eigenvalue weighted by Gasteiger charge is 2.33. The van der Waals surface area contributed by atoms with Crippen LogP contribution < -0.4 is 0 Å². The molecule has 3 nitrogen and oxygen atoms in total. The number of hydrogen-bond acceptors (Lipinski definition) is 2. The van der Waals surface area contributed by atoms with Crippen LogP contribution in [0.2, 0.25) is 0 Å². The first kappa shape index (κ1) is 7.83. The lowest BCUT2D eigenvalue weighted by Gasteiger charge is -2.35. The van der Waals surface area contributed by atoms with Gasteiger partial charge in [0.05, 0.1) is 14.5 Å². The molecule has 1 aliphatic heterocycles. The molecule has 0 saturated carbocycles. The van der Waals surface area contributed by atoms with E-state index in [0.717, 1.165) is 0 Å². The van der Waals surface area contributed by atoms with E-state index in [-0.39, 0.29) is 13.1 Å². The van der Waals surface area contributed by atoms with Gasteiger partial charge in [0, 0.05) is 0 Å². The van der Waals surface area contributed by atoms with Crippen LogP contribution in [0.4, 0.5) is 9.18 Å². The predicted octanol–water partition coefficient (Wildman–Crippen LogP) is 1.58. The molecule has 1 saturated heterocycles. The topological polar surface area (TPSA) is 29.5 Å². The fourth-order valence-corrected chi connectivity index (χ4v) is 0.823. The first-order valence-electron chi connectivity index (χ1n) is 4.36. The Morgan fingerprint density at radius 2 is 2.17 bits per heavy atom. The van der Waals surface area contributed by atoms with E-state index in [1.807, 2.05) is 0 Å². The molecule has 12 heavy (non-hydrogen) atoms. The summed E-state index contributed by atoms with van der Waals surface area (Å²) in [5.41, 5.74) is -0.562. The van der Waals surface area contributed by atoms with Crippen molar-refractivity contribution in [2.75, 3.05) is 13.1 Å². The van der Waals surface area contributed by atoms with E-state index in [2.05, 4.69) is 0 Å². The van der Waals surface area contributed by atoms with Crippen molar-refractivity contribution in [2.45, 2.75) is 32.5 Å². The lowest BCUT2D eigenvalue weighted by atomic mass is 10.2. The van der Waals surface area contributed by atoms with Crippen LogP contribution >= 0.6 is 0 Å². The lowest BCUT2D eigenvalue weighted by Crippen LogP contribution is -2.52. The van der Waals surface area contributed by atoms with Crippen LogP contribution in [0.15, 0.2) is 0 Å². The van der Waals surface area contributed by atoms with Crippen LogP contribution in [0.5, 0.6) is 0 Å². The predicted molar refractivity (Wildman–Crippen MR) is 42.7 cm³/mol. The van der Waals surface area contributed by atoms with Crippen molar-refractivity contribution in [3.8, 4) is 0 Å². The zero-order valence-corrected chi connectivity index (χ0v) is 7.56. The van der Waals surface area contributed by atoms with E-state index in [1.165, 1.54) is 4.90 Å². The second-order valence-electron chi connectivity index (χ2n) is 3.85. The summed E-state index contributed by atoms with van der Waals surface area (Å²) in [7, 11) is 0. The molecule has 0 spiro atoms. The summed E-state index contributed by atoms with van der Waals surface area (Å²) >= 11 is 0. The van der Waals surface area contributed by atoms with Gasteiger partial charge in [0.2, 0.25) is 0 Å². The molecule has 70 valence electrons. The normalized spacial score (nSPS) is 22.7. The molecule has 0 aromatic heterocycles. The van der Waals surface area contributed by atoms with Crippen molar-refractivity contribution < 1.29 is 15.3 Å². The number of likely N-dealkylation sites (tertiary alicyclic amines) is 1. The highest BCUT2D eigenvalue weighted by atomic mass is 19.1. The molecule has 1 fully saturated rings. The fraction of sp³-hybridized carbons (Fsp3) is 0.875. The largest absolute Gasteiger partial charge is 0.444 e. The second-order valence-corrected chi connectivity index (χ2v) is 3.85. The van der Waals surface area contributed by atoms with Crippen LogP contribution in [0, 0.1) is 0 Å². The highest BCUT2D eigenvalue weighted by Crippen LogP contribution is 2.16. The minimum atomic E-state index is -1.98. The molecule has 0 aromatic carbocycles. The number of amides is 1. The average Bonchev–Trinajstić information content (AvgIpc) is 1.77. The zero-order valence-electron chi connectivity index (χ0n) is 8.56. The average molecular weight is 176 g/mol. The van der Waals surface area contributed by atoms with Gasteiger partial charge in [-0.15, -0.1) is 0 Å². The Labute approximate surface area is 72.9 Å². The Morgan fingerprint density at radius 3 is 2.50 bits per heavy atom. The SMILES string of the molecule is [2H]C1(F)CN(C(=O)OC(C)(C)C)C1. The third kappa shape index (κ3) is 2.36. The Bertz CT molecular complexity index is 217. The number of hydrogen-bond donors (Lipinski definition) is 0. The molecule has 0 bridgehead atoms. The lowest BCUT2D eigenvalue weighted by molar-refractivity contribution is -0.00769. The Balaban J connectivity index is 2.36. The van der Waals surface area contributed by atoms with Crippen molar-refractivity contribution in [1.82, 2.24) is 4.90 Å². The molecular formula is C8H14FNO2. The van der Waals surface area contributed by atoms with Gasteiger partial charge in [0.25, 0.3) is 0 Å². The monoisotopic (exact) mass is 176 g/mol. The van der Waals surface area contributed by atoms with Crippen molar-refractivity contribution in [3.63, 3.8) is 0 Å². The van der Waals surface area contributed by atoms with Gasteiger partial charge in [-0.2, -0.15) is 0 Å². The number of halogens is 1. The van der Waals surface area contributed by atoms with Gasteiger partial charge in [0.1, 0.15) is 11.7 Å². The zero-order chi connectivity index (χ0) is 10.3. The van der Waals surface area contributed by atoms with Gasteiger partial charge in [-0.05, 0) is 20.8 Å². The molecular weight excluding hydrogens is 161 g/mol. The minimum absolute atomic E-state index is 0.193. The minimum Gasteiger partial charge on any atom is -0.444 e. The van der Waals surface area contributed by atoms with Gasteiger partial charge in [0.15, 0.2) is 0 Å². The van der Waals surface area contributed by atoms with Crippen LogP contribution in [0.3, 0.4) is 0 Å². The van der Waals surface area contributed by atoms with Gasteiger partial charge in [-0.1, -0.05) is 0 Å². The molecule has 1 rings (SSSR count). The summed E-state index contributed by atoms with van der Waals surface area (Å²) in [6, 6.07) is 0. The maximum absolute atomic E-state index is 12.7. The summed E-state index contributed by atoms with van der Waals surface area (Å²) in [4.78, 5) is 12.4. The van der Waals surface area contributed by atoms with E-state index in [1.54, 1.807) is 20.8 Å². The second kappa shape index (κ2) is 2.92. The van der Waals surface area contributed by atoms with Crippen LogP contribution in [-0.4, -0.2) is 35.8 Å². The molecule has 0 radical (unpaired) electrons. The van der Waals surface area contributed by atoms with Gasteiger partial charge < -0.3 is 9.64 Å². The van der Waals surface area contributed by atoms with Crippen molar-refractivity contribution in [3.05, 3.63) is 0 Å². The van der Waals surface area contributed by atoms with E-state index >= 15 is 0 Å². The van der Waals surface area contributed by atoms with Gasteiger partial charge in [-0.25, -0.2) is 9.18 Å². The smallest absolute Gasteiger partial charge is 0.410 e. The first-order chi connectivity index (χ1) is 5.70. The Morgan fingerprint density at radius 1 is 1.67 bits per heavy atom. The summed E-state index contributed by atoms with van der Waals surface area (Å²) in [6.45, 7) is 4.85. The van der Waals surface area contributed by atoms with Gasteiger partial charge >= 0.3 is 6.09 Å². The van der Waals surface area contributed by atoms with Crippen LogP contribution in [0.25, 0.3) is 0 Å². The van der Waals surface area contributed by atoms with Crippen molar-refractivity contribution in [2.24, 2.45) is 0 Å². The summed E-state index contributed by atoms with van der Waals surface area (Å²) in [6.07, 6.45) is -2.52. The first-order valence-corrected chi connectivity index (χ1v) is 3.86. The molecule has 1 aliphatic rings. The number of alkyl halides is 1. The Hall–Kier alpha value is -0.800. The fourth-order valence-electron chi connectivity index (χ4n) is 0.823. The number of ether oxygens (including phenoxy) is 1. The van der Waals surface area contributed by atoms with Gasteiger partial charge in [-0.3, -0.25) is 0 Å². The number of nitrogens with zero attached hydrogens (tertiary/aromatic N) is 1. The summed E-state index contributed by atoms with van der Waals surface area (Å²) < 4.78 is 24.5. The molecule has 0 unspecified atom stereocenters. The third-order valence-electron chi connectivity index (χ3n) is 1.38. The van der Waals surface area contributed by atoms with Crippen molar-refractivity contribution >= 4 is 6.09 Å². The highest BCUT2D eigenvalue weighted by molar-refractivity contribution is 5.69. The quantitative estimate of drug-likeness (QED) is 0.560. The number of rotatable bonds is 0. The van der Waals surface area contributed by atoms with E-state index in [9.17, 15) is 9.18 Å². The number of carbonyl (C=O) groups is 1. The molecule has 4 heteroatoms. The van der Waals surface area contributed by atoms with E-state index in [0.29, 0.717) is 0 Å². The third-order valence-corrected chi connectivity index (χ3v) is 1.38. The molecule has 0 aromatic rings. The molecule has 1 heterocycles.